The lowest BCUT2D eigenvalue weighted by Crippen LogP contribution is -2.52. The largest absolute Gasteiger partial charge is 0.393 e. The smallest absolute Gasteiger partial charge is 0.0570 e. The Bertz CT molecular complexity index is 121. The van der Waals surface area contributed by atoms with Crippen LogP contribution in [0.1, 0.15) is 26.7 Å². The predicted octanol–water partition coefficient (Wildman–Crippen LogP) is -0.165. The van der Waals surface area contributed by atoms with E-state index in [0.717, 1.165) is 12.8 Å². The lowest BCUT2D eigenvalue weighted by atomic mass is 9.88. The molecule has 0 amide bonds. The number of aliphatic hydroxyl groups is 1. The fourth-order valence-corrected chi connectivity index (χ4v) is 1.25. The van der Waals surface area contributed by atoms with Crippen molar-refractivity contribution in [1.82, 2.24) is 5.32 Å². The second kappa shape index (κ2) is 3.52. The zero-order valence-corrected chi connectivity index (χ0v) is 7.25. The fraction of sp³-hybridized carbons (Fsp3) is 1.00. The molecule has 11 heavy (non-hydrogen) atoms. The minimum Gasteiger partial charge on any atom is -0.393 e. The van der Waals surface area contributed by atoms with Crippen molar-refractivity contribution >= 4 is 0 Å². The zero-order valence-electron chi connectivity index (χ0n) is 7.25. The molecule has 1 rings (SSSR count). The first-order valence-corrected chi connectivity index (χ1v) is 4.29. The van der Waals surface area contributed by atoms with Gasteiger partial charge in [0.05, 0.1) is 6.10 Å². The summed E-state index contributed by atoms with van der Waals surface area (Å²) in [6, 6.07) is 1.03. The van der Waals surface area contributed by atoms with Crippen molar-refractivity contribution in [1.29, 1.82) is 0 Å². The standard InChI is InChI=1S/C8H18N2O/c1-5(9)6(2)10-7-3-8(11)4-7/h5-8,10-11H,3-4,9H2,1-2H3. The van der Waals surface area contributed by atoms with Gasteiger partial charge >= 0.3 is 0 Å². The van der Waals surface area contributed by atoms with Gasteiger partial charge < -0.3 is 16.2 Å². The molecule has 1 saturated carbocycles. The molecule has 0 saturated heterocycles. The Morgan fingerprint density at radius 1 is 1.45 bits per heavy atom. The van der Waals surface area contributed by atoms with Crippen LogP contribution in [-0.4, -0.2) is 29.3 Å². The third kappa shape index (κ3) is 2.43. The second-order valence-electron chi connectivity index (χ2n) is 3.64. The highest BCUT2D eigenvalue weighted by Gasteiger charge is 2.28. The van der Waals surface area contributed by atoms with Crippen LogP contribution in [0.5, 0.6) is 0 Å². The van der Waals surface area contributed by atoms with Crippen molar-refractivity contribution in [2.75, 3.05) is 0 Å². The first kappa shape index (κ1) is 8.97. The predicted molar refractivity (Wildman–Crippen MR) is 45.3 cm³/mol. The van der Waals surface area contributed by atoms with Crippen LogP contribution >= 0.6 is 0 Å². The molecule has 1 aliphatic carbocycles. The lowest BCUT2D eigenvalue weighted by Gasteiger charge is -2.35. The van der Waals surface area contributed by atoms with Crippen molar-refractivity contribution in [3.05, 3.63) is 0 Å². The first-order chi connectivity index (χ1) is 5.09. The van der Waals surface area contributed by atoms with E-state index in [2.05, 4.69) is 12.2 Å². The molecule has 1 fully saturated rings. The molecule has 0 aromatic carbocycles. The van der Waals surface area contributed by atoms with E-state index in [-0.39, 0.29) is 12.1 Å². The van der Waals surface area contributed by atoms with Crippen LogP contribution in [0.2, 0.25) is 0 Å². The van der Waals surface area contributed by atoms with Crippen LogP contribution in [0, 0.1) is 0 Å². The van der Waals surface area contributed by atoms with Crippen molar-refractivity contribution in [2.45, 2.75) is 50.9 Å². The maximum absolute atomic E-state index is 9.00. The summed E-state index contributed by atoms with van der Waals surface area (Å²) in [5.74, 6) is 0. The molecule has 66 valence electrons. The maximum atomic E-state index is 9.00. The van der Waals surface area contributed by atoms with Crippen LogP contribution in [0.3, 0.4) is 0 Å². The normalized spacial score (nSPS) is 36.0. The molecular weight excluding hydrogens is 140 g/mol. The molecule has 0 radical (unpaired) electrons. The average Bonchev–Trinajstić information content (AvgIpc) is 1.84. The van der Waals surface area contributed by atoms with Gasteiger partial charge in [0.25, 0.3) is 0 Å². The third-order valence-corrected chi connectivity index (χ3v) is 2.40. The SMILES string of the molecule is CC(N)C(C)NC1CC(O)C1. The summed E-state index contributed by atoms with van der Waals surface area (Å²) >= 11 is 0. The summed E-state index contributed by atoms with van der Waals surface area (Å²) in [7, 11) is 0. The molecule has 0 aromatic rings. The fourth-order valence-electron chi connectivity index (χ4n) is 1.25. The van der Waals surface area contributed by atoms with Gasteiger partial charge in [-0.15, -0.1) is 0 Å². The highest BCUT2D eigenvalue weighted by molar-refractivity contribution is 4.87. The van der Waals surface area contributed by atoms with Crippen molar-refractivity contribution in [3.8, 4) is 0 Å². The minimum absolute atomic E-state index is 0.0761. The highest BCUT2D eigenvalue weighted by atomic mass is 16.3. The van der Waals surface area contributed by atoms with Gasteiger partial charge in [-0.05, 0) is 26.7 Å². The molecule has 2 atom stereocenters. The van der Waals surface area contributed by atoms with Crippen molar-refractivity contribution in [3.63, 3.8) is 0 Å². The molecule has 0 aliphatic heterocycles. The molecular formula is C8H18N2O. The Morgan fingerprint density at radius 2 is 2.00 bits per heavy atom. The van der Waals surface area contributed by atoms with Crippen molar-refractivity contribution in [2.24, 2.45) is 5.73 Å². The zero-order chi connectivity index (χ0) is 8.43. The van der Waals surface area contributed by atoms with Gasteiger partial charge in [0.1, 0.15) is 0 Å². The Kier molecular flexibility index (Phi) is 2.87. The van der Waals surface area contributed by atoms with Gasteiger partial charge in [-0.25, -0.2) is 0 Å². The van der Waals surface area contributed by atoms with E-state index in [4.69, 9.17) is 10.8 Å². The second-order valence-corrected chi connectivity index (χ2v) is 3.64. The average molecular weight is 158 g/mol. The van der Waals surface area contributed by atoms with Crippen LogP contribution in [0.4, 0.5) is 0 Å². The minimum atomic E-state index is -0.0761. The third-order valence-electron chi connectivity index (χ3n) is 2.40. The number of nitrogens with two attached hydrogens (primary N) is 1. The topological polar surface area (TPSA) is 58.3 Å². The summed E-state index contributed by atoms with van der Waals surface area (Å²) in [6.07, 6.45) is 1.70. The Balaban J connectivity index is 2.11. The number of hydrogen-bond donors (Lipinski definition) is 3. The molecule has 4 N–H and O–H groups in total. The summed E-state index contributed by atoms with van der Waals surface area (Å²) in [5.41, 5.74) is 5.67. The number of aliphatic hydroxyl groups excluding tert-OH is 1. The van der Waals surface area contributed by atoms with Gasteiger partial charge in [0.15, 0.2) is 0 Å². The van der Waals surface area contributed by atoms with E-state index in [0.29, 0.717) is 12.1 Å². The number of rotatable bonds is 3. The molecule has 2 unspecified atom stereocenters. The Labute approximate surface area is 68.0 Å². The number of hydrogen-bond acceptors (Lipinski definition) is 3. The summed E-state index contributed by atoms with van der Waals surface area (Å²) in [5, 5.41) is 12.4. The molecule has 3 heteroatoms. The summed E-state index contributed by atoms with van der Waals surface area (Å²) in [4.78, 5) is 0. The first-order valence-electron chi connectivity index (χ1n) is 4.29. The van der Waals surface area contributed by atoms with E-state index >= 15 is 0 Å². The number of nitrogens with one attached hydrogen (secondary N) is 1. The Hall–Kier alpha value is -0.120. The monoisotopic (exact) mass is 158 g/mol. The molecule has 0 heterocycles. The molecule has 3 nitrogen and oxygen atoms in total. The lowest BCUT2D eigenvalue weighted by molar-refractivity contribution is 0.0575. The highest BCUT2D eigenvalue weighted by Crippen LogP contribution is 2.19. The van der Waals surface area contributed by atoms with E-state index in [9.17, 15) is 0 Å². The molecule has 0 spiro atoms. The maximum Gasteiger partial charge on any atom is 0.0570 e. The van der Waals surface area contributed by atoms with Gasteiger partial charge in [-0.2, -0.15) is 0 Å². The van der Waals surface area contributed by atoms with Crippen LogP contribution in [-0.2, 0) is 0 Å². The molecule has 0 aromatic heterocycles. The quantitative estimate of drug-likeness (QED) is 0.534. The van der Waals surface area contributed by atoms with E-state index in [1.54, 1.807) is 0 Å². The van der Waals surface area contributed by atoms with Crippen molar-refractivity contribution < 1.29 is 5.11 Å². The van der Waals surface area contributed by atoms with Crippen LogP contribution in [0.15, 0.2) is 0 Å². The molecule has 0 bridgehead atoms. The van der Waals surface area contributed by atoms with Gasteiger partial charge in [-0.1, -0.05) is 0 Å². The van der Waals surface area contributed by atoms with Gasteiger partial charge in [0, 0.05) is 18.1 Å². The van der Waals surface area contributed by atoms with Crippen LogP contribution < -0.4 is 11.1 Å². The summed E-state index contributed by atoms with van der Waals surface area (Å²) in [6.45, 7) is 4.07. The van der Waals surface area contributed by atoms with Crippen LogP contribution in [0.25, 0.3) is 0 Å². The van der Waals surface area contributed by atoms with E-state index < -0.39 is 0 Å². The summed E-state index contributed by atoms with van der Waals surface area (Å²) < 4.78 is 0. The molecule has 1 aliphatic rings. The van der Waals surface area contributed by atoms with Gasteiger partial charge in [-0.3, -0.25) is 0 Å². The van der Waals surface area contributed by atoms with E-state index in [1.165, 1.54) is 0 Å². The van der Waals surface area contributed by atoms with E-state index in [1.807, 2.05) is 6.92 Å². The van der Waals surface area contributed by atoms with Gasteiger partial charge in [0.2, 0.25) is 0 Å². The Morgan fingerprint density at radius 3 is 2.36 bits per heavy atom.